The molecule has 0 N–H and O–H groups in total. The lowest BCUT2D eigenvalue weighted by atomic mass is 10.1. The average molecular weight is 254 g/mol. The summed E-state index contributed by atoms with van der Waals surface area (Å²) in [5.74, 6) is 1.26. The van der Waals surface area contributed by atoms with Crippen molar-refractivity contribution in [2.24, 2.45) is 0 Å². The van der Waals surface area contributed by atoms with Crippen LogP contribution in [0.5, 0.6) is 5.75 Å². The van der Waals surface area contributed by atoms with Gasteiger partial charge in [0, 0.05) is 24.0 Å². The van der Waals surface area contributed by atoms with Crippen molar-refractivity contribution in [1.29, 1.82) is 0 Å². The second kappa shape index (κ2) is 5.41. The van der Waals surface area contributed by atoms with E-state index in [0.717, 1.165) is 19.4 Å². The van der Waals surface area contributed by atoms with E-state index in [4.69, 9.17) is 16.3 Å². The van der Waals surface area contributed by atoms with Gasteiger partial charge in [0.1, 0.15) is 5.75 Å². The van der Waals surface area contributed by atoms with Gasteiger partial charge in [0.25, 0.3) is 5.91 Å². The summed E-state index contributed by atoms with van der Waals surface area (Å²) >= 11 is 5.87. The third-order valence-electron chi connectivity index (χ3n) is 3.13. The molecule has 0 saturated carbocycles. The number of halogens is 1. The molecule has 0 spiro atoms. The fraction of sp³-hybridized carbons (Fsp3) is 0.462. The predicted molar refractivity (Wildman–Crippen MR) is 67.8 cm³/mol. The second-order valence-corrected chi connectivity index (χ2v) is 4.49. The van der Waals surface area contributed by atoms with E-state index in [2.05, 4.69) is 0 Å². The van der Waals surface area contributed by atoms with Crippen LogP contribution in [-0.4, -0.2) is 36.4 Å². The maximum atomic E-state index is 12.3. The summed E-state index contributed by atoms with van der Waals surface area (Å²) in [6, 6.07) is 7.42. The normalized spacial score (nSPS) is 19.4. The first-order valence-electron chi connectivity index (χ1n) is 5.77. The summed E-state index contributed by atoms with van der Waals surface area (Å²) in [4.78, 5) is 14.2. The van der Waals surface area contributed by atoms with Gasteiger partial charge in [-0.25, -0.2) is 0 Å². The molecule has 2 rings (SSSR count). The number of carbonyl (C=O) groups is 1. The van der Waals surface area contributed by atoms with Gasteiger partial charge in [0.2, 0.25) is 0 Å². The molecule has 1 aliphatic rings. The molecule has 17 heavy (non-hydrogen) atoms. The number of benzene rings is 1. The van der Waals surface area contributed by atoms with E-state index >= 15 is 0 Å². The molecule has 1 saturated heterocycles. The van der Waals surface area contributed by atoms with Gasteiger partial charge in [0.15, 0.2) is 0 Å². The molecule has 0 unspecified atom stereocenters. The number of hydrogen-bond acceptors (Lipinski definition) is 2. The van der Waals surface area contributed by atoms with Gasteiger partial charge >= 0.3 is 0 Å². The fourth-order valence-corrected chi connectivity index (χ4v) is 2.51. The van der Waals surface area contributed by atoms with Crippen molar-refractivity contribution >= 4 is 17.5 Å². The summed E-state index contributed by atoms with van der Waals surface area (Å²) in [5, 5.41) is 0. The molecule has 1 amide bonds. The minimum Gasteiger partial charge on any atom is -0.497 e. The topological polar surface area (TPSA) is 29.5 Å². The Balaban J connectivity index is 2.18. The van der Waals surface area contributed by atoms with Gasteiger partial charge in [-0.2, -0.15) is 0 Å². The zero-order valence-electron chi connectivity index (χ0n) is 9.86. The van der Waals surface area contributed by atoms with E-state index in [1.807, 2.05) is 23.1 Å². The molecule has 0 radical (unpaired) electrons. The van der Waals surface area contributed by atoms with Gasteiger partial charge in [-0.05, 0) is 31.0 Å². The molecule has 0 aromatic heterocycles. The monoisotopic (exact) mass is 253 g/mol. The van der Waals surface area contributed by atoms with Crippen molar-refractivity contribution < 1.29 is 9.53 Å². The Bertz CT molecular complexity index is 408. The number of rotatable bonds is 3. The van der Waals surface area contributed by atoms with Crippen LogP contribution in [0.1, 0.15) is 23.2 Å². The van der Waals surface area contributed by atoms with Crippen LogP contribution < -0.4 is 4.74 Å². The average Bonchev–Trinajstić information content (AvgIpc) is 2.86. The molecule has 4 heteroatoms. The first kappa shape index (κ1) is 12.2. The van der Waals surface area contributed by atoms with Crippen LogP contribution in [0.15, 0.2) is 24.3 Å². The zero-order valence-corrected chi connectivity index (χ0v) is 10.6. The Morgan fingerprint density at radius 2 is 2.41 bits per heavy atom. The van der Waals surface area contributed by atoms with Crippen LogP contribution in [0.2, 0.25) is 0 Å². The maximum Gasteiger partial charge on any atom is 0.254 e. The molecule has 1 aliphatic heterocycles. The summed E-state index contributed by atoms with van der Waals surface area (Å²) in [7, 11) is 1.60. The van der Waals surface area contributed by atoms with E-state index in [9.17, 15) is 4.79 Å². The molecule has 1 heterocycles. The number of amides is 1. The predicted octanol–water partition coefficient (Wildman–Crippen LogP) is 2.54. The zero-order chi connectivity index (χ0) is 12.3. The van der Waals surface area contributed by atoms with Crippen LogP contribution in [-0.2, 0) is 0 Å². The molecular formula is C13H16ClNO2. The Kier molecular flexibility index (Phi) is 3.89. The van der Waals surface area contributed by atoms with Gasteiger partial charge in [0.05, 0.1) is 7.11 Å². The quantitative estimate of drug-likeness (QED) is 0.775. The van der Waals surface area contributed by atoms with Gasteiger partial charge < -0.3 is 9.64 Å². The summed E-state index contributed by atoms with van der Waals surface area (Å²) in [5.41, 5.74) is 0.668. The number of alkyl halides is 1. The van der Waals surface area contributed by atoms with E-state index in [1.54, 1.807) is 13.2 Å². The highest BCUT2D eigenvalue weighted by Crippen LogP contribution is 2.22. The number of carbonyl (C=O) groups excluding carboxylic acids is 1. The molecule has 1 aromatic rings. The first-order chi connectivity index (χ1) is 8.26. The molecule has 0 bridgehead atoms. The van der Waals surface area contributed by atoms with Crippen molar-refractivity contribution in [3.05, 3.63) is 29.8 Å². The maximum absolute atomic E-state index is 12.3. The Labute approximate surface area is 106 Å². The van der Waals surface area contributed by atoms with Crippen LogP contribution in [0.25, 0.3) is 0 Å². The molecule has 0 aliphatic carbocycles. The van der Waals surface area contributed by atoms with Crippen molar-refractivity contribution in [2.45, 2.75) is 18.9 Å². The highest BCUT2D eigenvalue weighted by atomic mass is 35.5. The summed E-state index contributed by atoms with van der Waals surface area (Å²) in [6.45, 7) is 0.799. The number of methoxy groups -OCH3 is 1. The van der Waals surface area contributed by atoms with Gasteiger partial charge in [-0.1, -0.05) is 6.07 Å². The van der Waals surface area contributed by atoms with E-state index in [0.29, 0.717) is 17.2 Å². The number of ether oxygens (including phenoxy) is 1. The third kappa shape index (κ3) is 2.55. The van der Waals surface area contributed by atoms with E-state index in [-0.39, 0.29) is 11.9 Å². The van der Waals surface area contributed by atoms with Crippen molar-refractivity contribution in [1.82, 2.24) is 4.90 Å². The summed E-state index contributed by atoms with van der Waals surface area (Å²) < 4.78 is 5.12. The number of nitrogens with zero attached hydrogens (tertiary/aromatic N) is 1. The lowest BCUT2D eigenvalue weighted by Crippen LogP contribution is -2.36. The van der Waals surface area contributed by atoms with Crippen LogP contribution in [0.4, 0.5) is 0 Å². The van der Waals surface area contributed by atoms with Crippen LogP contribution in [0, 0.1) is 0 Å². The Hall–Kier alpha value is -1.22. The van der Waals surface area contributed by atoms with Crippen LogP contribution in [0.3, 0.4) is 0 Å². The number of hydrogen-bond donors (Lipinski definition) is 0. The van der Waals surface area contributed by atoms with Gasteiger partial charge in [-0.15, -0.1) is 11.6 Å². The van der Waals surface area contributed by atoms with E-state index in [1.165, 1.54) is 0 Å². The minimum atomic E-state index is 0.0482. The SMILES string of the molecule is COc1cccc(C(=O)N2CCC[C@H]2CCl)c1. The fourth-order valence-electron chi connectivity index (χ4n) is 2.19. The molecule has 1 atom stereocenters. The smallest absolute Gasteiger partial charge is 0.254 e. The largest absolute Gasteiger partial charge is 0.497 e. The van der Waals surface area contributed by atoms with Crippen molar-refractivity contribution in [3.63, 3.8) is 0 Å². The van der Waals surface area contributed by atoms with E-state index < -0.39 is 0 Å². The van der Waals surface area contributed by atoms with Crippen LogP contribution >= 0.6 is 11.6 Å². The lowest BCUT2D eigenvalue weighted by Gasteiger charge is -2.23. The van der Waals surface area contributed by atoms with Gasteiger partial charge in [-0.3, -0.25) is 4.79 Å². The van der Waals surface area contributed by atoms with Crippen molar-refractivity contribution in [2.75, 3.05) is 19.5 Å². The second-order valence-electron chi connectivity index (χ2n) is 4.18. The third-order valence-corrected chi connectivity index (χ3v) is 3.49. The standard InChI is InChI=1S/C13H16ClNO2/c1-17-12-6-2-4-10(8-12)13(16)15-7-3-5-11(15)9-14/h2,4,6,8,11H,3,5,7,9H2,1H3/t11-/m0/s1. The highest BCUT2D eigenvalue weighted by Gasteiger charge is 2.28. The molecule has 1 fully saturated rings. The first-order valence-corrected chi connectivity index (χ1v) is 6.30. The Morgan fingerprint density at radius 3 is 3.12 bits per heavy atom. The lowest BCUT2D eigenvalue weighted by molar-refractivity contribution is 0.0749. The van der Waals surface area contributed by atoms with Crippen molar-refractivity contribution in [3.8, 4) is 5.75 Å². The molecular weight excluding hydrogens is 238 g/mol. The molecule has 3 nitrogen and oxygen atoms in total. The highest BCUT2D eigenvalue weighted by molar-refractivity contribution is 6.18. The summed E-state index contributed by atoms with van der Waals surface area (Å²) in [6.07, 6.45) is 2.03. The number of likely N-dealkylation sites (tertiary alicyclic amines) is 1. The minimum absolute atomic E-state index is 0.0482. The Morgan fingerprint density at radius 1 is 1.59 bits per heavy atom. The molecule has 92 valence electrons. The molecule has 1 aromatic carbocycles.